The number of esters is 1. The molecule has 25 heavy (non-hydrogen) atoms. The number of benzene rings is 1. The van der Waals surface area contributed by atoms with E-state index >= 15 is 0 Å². The van der Waals surface area contributed by atoms with Gasteiger partial charge in [0.1, 0.15) is 16.6 Å². The first-order chi connectivity index (χ1) is 12.0. The predicted molar refractivity (Wildman–Crippen MR) is 103 cm³/mol. The molecular weight excluding hydrogens is 358 g/mol. The largest absolute Gasteiger partial charge is 0.494 e. The van der Waals surface area contributed by atoms with Gasteiger partial charge < -0.3 is 9.47 Å². The summed E-state index contributed by atoms with van der Waals surface area (Å²) in [6.45, 7) is 4.65. The van der Waals surface area contributed by atoms with Crippen molar-refractivity contribution in [1.29, 1.82) is 0 Å². The van der Waals surface area contributed by atoms with Crippen molar-refractivity contribution in [3.05, 3.63) is 34.7 Å². The van der Waals surface area contributed by atoms with Crippen molar-refractivity contribution in [3.63, 3.8) is 0 Å². The summed E-state index contributed by atoms with van der Waals surface area (Å²) >= 11 is 6.38. The fourth-order valence-corrected chi connectivity index (χ4v) is 3.37. The van der Waals surface area contributed by atoms with Crippen LogP contribution in [0.15, 0.2) is 29.2 Å². The first-order valence-electron chi connectivity index (χ1n) is 8.19. The summed E-state index contributed by atoms with van der Waals surface area (Å²) in [4.78, 5) is 25.8. The number of amides is 1. The van der Waals surface area contributed by atoms with E-state index < -0.39 is 5.97 Å². The van der Waals surface area contributed by atoms with Crippen LogP contribution in [0.5, 0.6) is 5.75 Å². The summed E-state index contributed by atoms with van der Waals surface area (Å²) in [6.07, 6.45) is 3.87. The third-order valence-electron chi connectivity index (χ3n) is 3.41. The van der Waals surface area contributed by atoms with Gasteiger partial charge in [0.05, 0.1) is 18.1 Å². The average Bonchev–Trinajstić information content (AvgIpc) is 2.84. The van der Waals surface area contributed by atoms with Crippen LogP contribution in [0.25, 0.3) is 6.08 Å². The lowest BCUT2D eigenvalue weighted by atomic mass is 10.2. The van der Waals surface area contributed by atoms with Crippen molar-refractivity contribution in [2.45, 2.75) is 26.7 Å². The van der Waals surface area contributed by atoms with E-state index in [-0.39, 0.29) is 19.1 Å². The zero-order valence-electron chi connectivity index (χ0n) is 14.3. The molecule has 0 radical (unpaired) electrons. The molecule has 0 unspecified atom stereocenters. The second-order valence-corrected chi connectivity index (χ2v) is 7.02. The monoisotopic (exact) mass is 379 g/mol. The summed E-state index contributed by atoms with van der Waals surface area (Å²) in [5.74, 6) is 0.0698. The quantitative estimate of drug-likeness (QED) is 0.298. The molecule has 1 saturated heterocycles. The Morgan fingerprint density at radius 3 is 2.64 bits per heavy atom. The van der Waals surface area contributed by atoms with E-state index in [1.54, 1.807) is 13.0 Å². The summed E-state index contributed by atoms with van der Waals surface area (Å²) in [5.41, 5.74) is 0.875. The minimum atomic E-state index is -0.464. The molecule has 1 fully saturated rings. The van der Waals surface area contributed by atoms with Crippen molar-refractivity contribution in [2.24, 2.45) is 0 Å². The minimum Gasteiger partial charge on any atom is -0.494 e. The maximum Gasteiger partial charge on any atom is 0.326 e. The highest BCUT2D eigenvalue weighted by molar-refractivity contribution is 8.26. The SMILES string of the molecule is CCCCOc1ccc(/C=C2/SC(=S)N(CC(=O)OCC)C2=O)cc1. The smallest absolute Gasteiger partial charge is 0.326 e. The number of nitrogens with zero attached hydrogens (tertiary/aromatic N) is 1. The fourth-order valence-electron chi connectivity index (χ4n) is 2.12. The van der Waals surface area contributed by atoms with Crippen LogP contribution in [0.4, 0.5) is 0 Å². The molecule has 134 valence electrons. The van der Waals surface area contributed by atoms with Crippen LogP contribution in [0, 0.1) is 0 Å². The van der Waals surface area contributed by atoms with E-state index in [1.165, 1.54) is 16.7 Å². The Morgan fingerprint density at radius 2 is 2.00 bits per heavy atom. The number of carbonyl (C=O) groups is 2. The summed E-state index contributed by atoms with van der Waals surface area (Å²) in [7, 11) is 0. The van der Waals surface area contributed by atoms with E-state index in [0.29, 0.717) is 15.8 Å². The molecule has 7 heteroatoms. The lowest BCUT2D eigenvalue weighted by Gasteiger charge is -2.12. The maximum atomic E-state index is 12.4. The van der Waals surface area contributed by atoms with Gasteiger partial charge in [-0.2, -0.15) is 0 Å². The molecule has 0 aliphatic carbocycles. The molecule has 0 aromatic heterocycles. The number of hydrogen-bond donors (Lipinski definition) is 0. The molecule has 0 atom stereocenters. The van der Waals surface area contributed by atoms with Crippen molar-refractivity contribution in [3.8, 4) is 5.75 Å². The van der Waals surface area contributed by atoms with Crippen LogP contribution in [0.2, 0.25) is 0 Å². The first kappa shape index (κ1) is 19.5. The van der Waals surface area contributed by atoms with Gasteiger partial charge in [-0.25, -0.2) is 0 Å². The molecule has 0 N–H and O–H groups in total. The van der Waals surface area contributed by atoms with Crippen LogP contribution >= 0.6 is 24.0 Å². The highest BCUT2D eigenvalue weighted by Gasteiger charge is 2.33. The first-order valence-corrected chi connectivity index (χ1v) is 9.41. The average molecular weight is 380 g/mol. The molecule has 1 amide bonds. The standard InChI is InChI=1S/C18H21NO4S2/c1-3-5-10-23-14-8-6-13(7-9-14)11-15-17(21)19(18(24)25-15)12-16(20)22-4-2/h6-9,11H,3-5,10,12H2,1-2H3/b15-11+. The van der Waals surface area contributed by atoms with Crippen molar-refractivity contribution >= 4 is 46.3 Å². The number of hydrogen-bond acceptors (Lipinski definition) is 6. The zero-order chi connectivity index (χ0) is 18.2. The van der Waals surface area contributed by atoms with Crippen LogP contribution in [-0.4, -0.2) is 40.9 Å². The molecule has 0 saturated carbocycles. The molecule has 1 aromatic rings. The lowest BCUT2D eigenvalue weighted by Crippen LogP contribution is -2.34. The number of unbranched alkanes of at least 4 members (excludes halogenated alkanes) is 1. The Balaban J connectivity index is 2.02. The number of thioether (sulfide) groups is 1. The van der Waals surface area contributed by atoms with Crippen LogP contribution in [0.3, 0.4) is 0 Å². The van der Waals surface area contributed by atoms with Gasteiger partial charge >= 0.3 is 5.97 Å². The molecule has 0 spiro atoms. The number of rotatable bonds is 8. The van der Waals surface area contributed by atoms with Gasteiger partial charge in [0.25, 0.3) is 5.91 Å². The number of carbonyl (C=O) groups excluding carboxylic acids is 2. The van der Waals surface area contributed by atoms with E-state index in [9.17, 15) is 9.59 Å². The van der Waals surface area contributed by atoms with Gasteiger partial charge in [-0.15, -0.1) is 0 Å². The van der Waals surface area contributed by atoms with Crippen molar-refractivity contribution < 1.29 is 19.1 Å². The third kappa shape index (κ3) is 5.57. The van der Waals surface area contributed by atoms with Gasteiger partial charge in [0.2, 0.25) is 0 Å². The summed E-state index contributed by atoms with van der Waals surface area (Å²) in [5, 5.41) is 0. The molecule has 5 nitrogen and oxygen atoms in total. The van der Waals surface area contributed by atoms with Gasteiger partial charge in [0.15, 0.2) is 0 Å². The second-order valence-electron chi connectivity index (χ2n) is 5.34. The van der Waals surface area contributed by atoms with Gasteiger partial charge in [-0.3, -0.25) is 14.5 Å². The minimum absolute atomic E-state index is 0.153. The van der Waals surface area contributed by atoms with Gasteiger partial charge in [-0.1, -0.05) is 49.5 Å². The molecule has 1 aliphatic heterocycles. The molecule has 1 aromatic carbocycles. The maximum absolute atomic E-state index is 12.4. The molecule has 2 rings (SSSR count). The van der Waals surface area contributed by atoms with Gasteiger partial charge in [-0.05, 0) is 37.1 Å². The van der Waals surface area contributed by atoms with Crippen molar-refractivity contribution in [1.82, 2.24) is 4.90 Å². The Hall–Kier alpha value is -1.86. The Labute approximate surface area is 157 Å². The Morgan fingerprint density at radius 1 is 1.28 bits per heavy atom. The lowest BCUT2D eigenvalue weighted by molar-refractivity contribution is -0.145. The fraction of sp³-hybridized carbons (Fsp3) is 0.389. The highest BCUT2D eigenvalue weighted by Crippen LogP contribution is 2.32. The predicted octanol–water partition coefficient (Wildman–Crippen LogP) is 3.63. The van der Waals surface area contributed by atoms with Crippen LogP contribution < -0.4 is 4.74 Å². The second kappa shape index (κ2) is 9.58. The summed E-state index contributed by atoms with van der Waals surface area (Å²) in [6, 6.07) is 7.53. The summed E-state index contributed by atoms with van der Waals surface area (Å²) < 4.78 is 10.9. The van der Waals surface area contributed by atoms with E-state index in [0.717, 1.165) is 24.2 Å². The topological polar surface area (TPSA) is 55.8 Å². The van der Waals surface area contributed by atoms with Crippen LogP contribution in [0.1, 0.15) is 32.3 Å². The third-order valence-corrected chi connectivity index (χ3v) is 4.79. The van der Waals surface area contributed by atoms with E-state index in [1.807, 2.05) is 24.3 Å². The molecule has 0 bridgehead atoms. The van der Waals surface area contributed by atoms with E-state index in [2.05, 4.69) is 6.92 Å². The normalized spacial score (nSPS) is 15.8. The molecule has 1 aliphatic rings. The Kier molecular flexibility index (Phi) is 7.46. The zero-order valence-corrected chi connectivity index (χ0v) is 16.0. The van der Waals surface area contributed by atoms with Crippen molar-refractivity contribution in [2.75, 3.05) is 19.8 Å². The van der Waals surface area contributed by atoms with Crippen LogP contribution in [-0.2, 0) is 14.3 Å². The molecule has 1 heterocycles. The number of thiocarbonyl (C=S) groups is 1. The number of ether oxygens (including phenoxy) is 2. The van der Waals surface area contributed by atoms with Gasteiger partial charge in [0, 0.05) is 0 Å². The highest BCUT2D eigenvalue weighted by atomic mass is 32.2. The molecular formula is C18H21NO4S2. The van der Waals surface area contributed by atoms with E-state index in [4.69, 9.17) is 21.7 Å². The Bertz CT molecular complexity index is 670.